The van der Waals surface area contributed by atoms with E-state index < -0.39 is 0 Å². The number of rotatable bonds is 4. The van der Waals surface area contributed by atoms with Crippen molar-refractivity contribution >= 4 is 23.7 Å². The van der Waals surface area contributed by atoms with Gasteiger partial charge in [0.05, 0.1) is 0 Å². The number of hydrogen-bond acceptors (Lipinski definition) is 3. The first kappa shape index (κ1) is 16.5. The molecule has 3 amide bonds. The summed E-state index contributed by atoms with van der Waals surface area (Å²) in [7, 11) is 0. The number of carbonyl (C=O) groups excluding carboxylic acids is 2. The molecule has 0 aliphatic carbocycles. The van der Waals surface area contributed by atoms with E-state index in [9.17, 15) is 9.59 Å². The van der Waals surface area contributed by atoms with Crippen molar-refractivity contribution in [3.63, 3.8) is 0 Å². The molecule has 0 aromatic carbocycles. The Kier molecular flexibility index (Phi) is 6.21. The maximum atomic E-state index is 12.3. The number of nitrogens with one attached hydrogen (secondary N) is 1. The zero-order chi connectivity index (χ0) is 15.2. The highest BCUT2D eigenvalue weighted by Crippen LogP contribution is 2.20. The van der Waals surface area contributed by atoms with Gasteiger partial charge in [-0.2, -0.15) is 11.8 Å². The molecule has 21 heavy (non-hydrogen) atoms. The molecule has 1 N–H and O–H groups in total. The van der Waals surface area contributed by atoms with Crippen LogP contribution in [0.25, 0.3) is 0 Å². The molecule has 120 valence electrons. The third-order valence-electron chi connectivity index (χ3n) is 4.32. The smallest absolute Gasteiger partial charge is 0.319 e. The second-order valence-corrected chi connectivity index (χ2v) is 7.01. The molecule has 2 heterocycles. The number of urea groups is 1. The van der Waals surface area contributed by atoms with Crippen LogP contribution in [0.5, 0.6) is 0 Å². The Morgan fingerprint density at radius 1 is 1.14 bits per heavy atom. The first-order valence-electron chi connectivity index (χ1n) is 7.95. The third-order valence-corrected chi connectivity index (χ3v) is 5.15. The van der Waals surface area contributed by atoms with E-state index in [4.69, 9.17) is 0 Å². The summed E-state index contributed by atoms with van der Waals surface area (Å²) in [6, 6.07) is 0.388. The second kappa shape index (κ2) is 7.92. The summed E-state index contributed by atoms with van der Waals surface area (Å²) in [6.07, 6.45) is 5.87. The molecule has 1 unspecified atom stereocenters. The molecule has 2 aliphatic heterocycles. The van der Waals surface area contributed by atoms with Crippen LogP contribution >= 0.6 is 11.8 Å². The van der Waals surface area contributed by atoms with Crippen molar-refractivity contribution in [1.29, 1.82) is 0 Å². The molecule has 0 radical (unpaired) electrons. The van der Waals surface area contributed by atoms with Crippen molar-refractivity contribution < 1.29 is 9.59 Å². The van der Waals surface area contributed by atoms with Crippen LogP contribution in [-0.4, -0.2) is 66.0 Å². The highest BCUT2D eigenvalue weighted by Gasteiger charge is 2.30. The van der Waals surface area contributed by atoms with E-state index in [1.54, 1.807) is 11.8 Å². The van der Waals surface area contributed by atoms with Gasteiger partial charge in [-0.1, -0.05) is 0 Å². The van der Waals surface area contributed by atoms with Crippen LogP contribution in [0.4, 0.5) is 4.79 Å². The largest absolute Gasteiger partial charge is 0.353 e. The Morgan fingerprint density at radius 3 is 2.29 bits per heavy atom. The summed E-state index contributed by atoms with van der Waals surface area (Å²) < 4.78 is 0. The molecule has 2 aliphatic rings. The average Bonchev–Trinajstić information content (AvgIpc) is 3.01. The molecule has 2 fully saturated rings. The Balaban J connectivity index is 1.74. The standard InChI is InChI=1S/C15H27N3O2S/c1-12(11-21-2)16-14(19)13-5-9-18(10-6-13)15(20)17-7-3-4-8-17/h12-13H,3-11H2,1-2H3,(H,16,19). The summed E-state index contributed by atoms with van der Waals surface area (Å²) in [5, 5.41) is 3.08. The number of likely N-dealkylation sites (tertiary alicyclic amines) is 2. The van der Waals surface area contributed by atoms with Crippen molar-refractivity contribution in [3.8, 4) is 0 Å². The predicted molar refractivity (Wildman–Crippen MR) is 86.5 cm³/mol. The van der Waals surface area contributed by atoms with Gasteiger partial charge in [-0.25, -0.2) is 4.79 Å². The lowest BCUT2D eigenvalue weighted by atomic mass is 9.96. The zero-order valence-electron chi connectivity index (χ0n) is 13.1. The van der Waals surface area contributed by atoms with E-state index in [-0.39, 0.29) is 23.9 Å². The van der Waals surface area contributed by atoms with Crippen LogP contribution in [0.3, 0.4) is 0 Å². The van der Waals surface area contributed by atoms with Gasteiger partial charge in [0.1, 0.15) is 0 Å². The molecule has 2 rings (SSSR count). The number of carbonyl (C=O) groups is 2. The van der Waals surface area contributed by atoms with Gasteiger partial charge in [0.25, 0.3) is 0 Å². The summed E-state index contributed by atoms with van der Waals surface area (Å²) in [6.45, 7) is 5.26. The number of amides is 3. The minimum absolute atomic E-state index is 0.0666. The molecule has 0 aromatic rings. The van der Waals surface area contributed by atoms with Gasteiger partial charge in [0.15, 0.2) is 0 Å². The first-order chi connectivity index (χ1) is 10.1. The minimum atomic E-state index is 0.0666. The SMILES string of the molecule is CSCC(C)NC(=O)C1CCN(C(=O)N2CCCC2)CC1. The van der Waals surface area contributed by atoms with Gasteiger partial charge in [-0.3, -0.25) is 4.79 Å². The van der Waals surface area contributed by atoms with E-state index in [0.717, 1.165) is 44.5 Å². The molecule has 2 saturated heterocycles. The summed E-state index contributed by atoms with van der Waals surface area (Å²) in [5.41, 5.74) is 0. The van der Waals surface area contributed by atoms with Gasteiger partial charge < -0.3 is 15.1 Å². The first-order valence-corrected chi connectivity index (χ1v) is 9.34. The average molecular weight is 313 g/mol. The lowest BCUT2D eigenvalue weighted by Gasteiger charge is -2.34. The van der Waals surface area contributed by atoms with Gasteiger partial charge >= 0.3 is 6.03 Å². The molecule has 1 atom stereocenters. The van der Waals surface area contributed by atoms with Gasteiger partial charge in [0, 0.05) is 43.9 Å². The number of nitrogens with zero attached hydrogens (tertiary/aromatic N) is 2. The van der Waals surface area contributed by atoms with Crippen molar-refractivity contribution in [1.82, 2.24) is 15.1 Å². The van der Waals surface area contributed by atoms with E-state index in [1.807, 2.05) is 23.0 Å². The van der Waals surface area contributed by atoms with E-state index in [1.165, 1.54) is 0 Å². The predicted octanol–water partition coefficient (Wildman–Crippen LogP) is 1.78. The van der Waals surface area contributed by atoms with E-state index in [0.29, 0.717) is 13.1 Å². The minimum Gasteiger partial charge on any atom is -0.353 e. The maximum absolute atomic E-state index is 12.3. The maximum Gasteiger partial charge on any atom is 0.319 e. The highest BCUT2D eigenvalue weighted by atomic mass is 32.2. The van der Waals surface area contributed by atoms with Crippen LogP contribution in [0.2, 0.25) is 0 Å². The van der Waals surface area contributed by atoms with Crippen LogP contribution < -0.4 is 5.32 Å². The van der Waals surface area contributed by atoms with Gasteiger partial charge in [0.2, 0.25) is 5.91 Å². The van der Waals surface area contributed by atoms with Crippen LogP contribution in [0.1, 0.15) is 32.6 Å². The topological polar surface area (TPSA) is 52.7 Å². The zero-order valence-corrected chi connectivity index (χ0v) is 14.0. The summed E-state index contributed by atoms with van der Waals surface area (Å²) in [4.78, 5) is 28.3. The monoisotopic (exact) mass is 313 g/mol. The Hall–Kier alpha value is -0.910. The molecule has 5 nitrogen and oxygen atoms in total. The fourth-order valence-electron chi connectivity index (χ4n) is 3.09. The molecular formula is C15H27N3O2S. The quantitative estimate of drug-likeness (QED) is 0.861. The van der Waals surface area contributed by atoms with E-state index >= 15 is 0 Å². The molecular weight excluding hydrogens is 286 g/mol. The highest BCUT2D eigenvalue weighted by molar-refractivity contribution is 7.98. The lowest BCUT2D eigenvalue weighted by molar-refractivity contribution is -0.126. The Bertz CT molecular complexity index is 364. The Labute approximate surface area is 131 Å². The van der Waals surface area contributed by atoms with Crippen LogP contribution in [-0.2, 0) is 4.79 Å². The second-order valence-electron chi connectivity index (χ2n) is 6.10. The normalized spacial score (nSPS) is 21.4. The van der Waals surface area contributed by atoms with Crippen molar-refractivity contribution in [3.05, 3.63) is 0 Å². The van der Waals surface area contributed by atoms with E-state index in [2.05, 4.69) is 5.32 Å². The van der Waals surface area contributed by atoms with Crippen molar-refractivity contribution in [2.24, 2.45) is 5.92 Å². The molecule has 0 aromatic heterocycles. The molecule has 0 spiro atoms. The fourth-order valence-corrected chi connectivity index (χ4v) is 3.68. The fraction of sp³-hybridized carbons (Fsp3) is 0.867. The van der Waals surface area contributed by atoms with Gasteiger partial charge in [-0.05, 0) is 38.9 Å². The molecule has 0 saturated carbocycles. The number of piperidine rings is 1. The van der Waals surface area contributed by atoms with Crippen LogP contribution in [0, 0.1) is 5.92 Å². The molecule has 6 heteroatoms. The Morgan fingerprint density at radius 2 is 1.71 bits per heavy atom. The van der Waals surface area contributed by atoms with Gasteiger partial charge in [-0.15, -0.1) is 0 Å². The number of hydrogen-bond donors (Lipinski definition) is 1. The molecule has 0 bridgehead atoms. The third kappa shape index (κ3) is 4.53. The number of thioether (sulfide) groups is 1. The van der Waals surface area contributed by atoms with Crippen molar-refractivity contribution in [2.75, 3.05) is 38.2 Å². The van der Waals surface area contributed by atoms with Crippen molar-refractivity contribution in [2.45, 2.75) is 38.6 Å². The lowest BCUT2D eigenvalue weighted by Crippen LogP contribution is -2.48. The summed E-state index contributed by atoms with van der Waals surface area (Å²) >= 11 is 1.74. The van der Waals surface area contributed by atoms with Crippen LogP contribution in [0.15, 0.2) is 0 Å². The summed E-state index contributed by atoms with van der Waals surface area (Å²) in [5.74, 6) is 1.17.